The van der Waals surface area contributed by atoms with Gasteiger partial charge in [0.15, 0.2) is 7.05 Å². The van der Waals surface area contributed by atoms with E-state index in [4.69, 9.17) is 19.0 Å². The highest BCUT2D eigenvalue weighted by atomic mass is 19.1. The molecule has 1 aliphatic rings. The van der Waals surface area contributed by atoms with E-state index in [1.54, 1.807) is 72.1 Å². The largest absolute Gasteiger partial charge is 0.490 e. The lowest BCUT2D eigenvalue weighted by Gasteiger charge is -2.26. The summed E-state index contributed by atoms with van der Waals surface area (Å²) in [4.78, 5) is 56.1. The van der Waals surface area contributed by atoms with Gasteiger partial charge in [-0.05, 0) is 72.2 Å². The molecular weight excluding hydrogens is 599 g/mol. The van der Waals surface area contributed by atoms with Gasteiger partial charge in [0, 0.05) is 18.2 Å². The van der Waals surface area contributed by atoms with Crippen LogP contribution in [0.1, 0.15) is 68.7 Å². The number of hydrogen-bond donors (Lipinski definition) is 1. The van der Waals surface area contributed by atoms with Crippen molar-refractivity contribution >= 4 is 23.9 Å². The molecule has 0 saturated carbocycles. The van der Waals surface area contributed by atoms with E-state index in [1.165, 1.54) is 24.3 Å². The minimum absolute atomic E-state index is 0.0952. The predicted molar refractivity (Wildman–Crippen MR) is 163 cm³/mol. The molecule has 0 spiro atoms. The number of rotatable bonds is 11. The Balaban J connectivity index is 1.40. The number of carbonyl (C=O) groups excluding carboxylic acids is 4. The van der Waals surface area contributed by atoms with Gasteiger partial charge < -0.3 is 19.5 Å². The highest BCUT2D eigenvalue weighted by molar-refractivity contribution is 6.20. The summed E-state index contributed by atoms with van der Waals surface area (Å²) < 4.78 is 35.4. The van der Waals surface area contributed by atoms with Crippen LogP contribution < -0.4 is 14.7 Å². The highest BCUT2D eigenvalue weighted by Crippen LogP contribution is 2.27. The van der Waals surface area contributed by atoms with E-state index in [-0.39, 0.29) is 16.9 Å². The van der Waals surface area contributed by atoms with Gasteiger partial charge in [0.2, 0.25) is 12.3 Å². The van der Waals surface area contributed by atoms with Crippen LogP contribution in [0.3, 0.4) is 0 Å². The monoisotopic (exact) mass is 639 g/mol. The third kappa shape index (κ3) is 8.68. The van der Waals surface area contributed by atoms with Gasteiger partial charge in [0.05, 0.1) is 29.4 Å². The summed E-state index contributed by atoms with van der Waals surface area (Å²) in [5, 5.41) is 3.24. The van der Waals surface area contributed by atoms with Crippen LogP contribution >= 0.6 is 0 Å². The van der Waals surface area contributed by atoms with Crippen LogP contribution in [0.25, 0.3) is 11.1 Å². The molecule has 0 bridgehead atoms. The van der Waals surface area contributed by atoms with E-state index in [0.29, 0.717) is 35.7 Å². The molecule has 0 saturated heterocycles. The first-order valence-electron chi connectivity index (χ1n) is 14.9. The smallest absolute Gasteiger partial charge is 0.407 e. The van der Waals surface area contributed by atoms with Crippen LogP contribution in [-0.4, -0.2) is 64.1 Å². The van der Waals surface area contributed by atoms with Gasteiger partial charge in [0.25, 0.3) is 11.8 Å². The molecule has 13 heteroatoms. The number of nitrogens with one attached hydrogen (secondary N) is 1. The number of nitrogens with zero attached hydrogens (tertiary/aromatic N) is 3. The number of ether oxygens (including phenoxy) is 3. The van der Waals surface area contributed by atoms with E-state index < -0.39 is 53.6 Å². The molecular formula is C33H40FN4O8+. The van der Waals surface area contributed by atoms with Crippen LogP contribution in [0.15, 0.2) is 54.9 Å². The third-order valence-electron chi connectivity index (χ3n) is 6.56. The number of imide groups is 1. The molecule has 1 N–H and O–H groups in total. The van der Waals surface area contributed by atoms with Crippen LogP contribution in [-0.2, 0) is 32.7 Å². The molecule has 246 valence electrons. The molecule has 1 aliphatic heterocycles. The first kappa shape index (κ1) is 34.1. The fourth-order valence-corrected chi connectivity index (χ4v) is 4.56. The number of aromatic nitrogens is 2. The predicted octanol–water partition coefficient (Wildman–Crippen LogP) is 4.35. The molecule has 0 aliphatic carbocycles. The molecule has 12 nitrogen and oxygen atoms in total. The summed E-state index contributed by atoms with van der Waals surface area (Å²) in [7, 11) is 1.82. The van der Waals surface area contributed by atoms with E-state index in [1.807, 2.05) is 16.4 Å². The van der Waals surface area contributed by atoms with Gasteiger partial charge in [-0.1, -0.05) is 12.1 Å². The number of alkyl carbamates (subject to hydrolysis) is 1. The second-order valence-electron chi connectivity index (χ2n) is 12.8. The number of aryl methyl sites for hydroxylation is 2. The lowest BCUT2D eigenvalue weighted by atomic mass is 10.1. The maximum Gasteiger partial charge on any atom is 0.407 e. The van der Waals surface area contributed by atoms with Crippen molar-refractivity contribution < 1.29 is 47.3 Å². The van der Waals surface area contributed by atoms with E-state index in [0.717, 1.165) is 0 Å². The zero-order valence-electron chi connectivity index (χ0n) is 27.1. The Morgan fingerprint density at radius 1 is 0.935 bits per heavy atom. The summed E-state index contributed by atoms with van der Waals surface area (Å²) >= 11 is 0. The number of fused-ring (bicyclic) bond motifs is 1. The second kappa shape index (κ2) is 13.7. The van der Waals surface area contributed by atoms with Crippen molar-refractivity contribution in [3.8, 4) is 16.9 Å². The van der Waals surface area contributed by atoms with Gasteiger partial charge in [-0.3, -0.25) is 9.59 Å². The van der Waals surface area contributed by atoms with Gasteiger partial charge >= 0.3 is 12.1 Å². The lowest BCUT2D eigenvalue weighted by Crippen LogP contribution is -2.43. The van der Waals surface area contributed by atoms with E-state index in [2.05, 4.69) is 5.32 Å². The first-order valence-corrected chi connectivity index (χ1v) is 14.9. The number of halogens is 1. The van der Waals surface area contributed by atoms with Gasteiger partial charge in [-0.2, -0.15) is 4.68 Å². The Hall–Kier alpha value is -4.78. The molecule has 0 radical (unpaired) electrons. The fourth-order valence-electron chi connectivity index (χ4n) is 4.56. The van der Waals surface area contributed by atoms with Crippen molar-refractivity contribution in [2.45, 2.75) is 71.8 Å². The fraction of sp³-hybridized carbons (Fsp3) is 0.424. The van der Waals surface area contributed by atoms with Gasteiger partial charge in [-0.15, -0.1) is 9.75 Å². The number of esters is 1. The minimum atomic E-state index is -1.51. The summed E-state index contributed by atoms with van der Waals surface area (Å²) in [6.07, 6.45) is 2.19. The zero-order valence-corrected chi connectivity index (χ0v) is 27.1. The quantitative estimate of drug-likeness (QED) is 0.142. The molecule has 1 atom stereocenters. The topological polar surface area (TPSA) is 129 Å². The van der Waals surface area contributed by atoms with Gasteiger partial charge in [-0.25, -0.2) is 18.8 Å². The molecule has 1 aromatic heterocycles. The summed E-state index contributed by atoms with van der Waals surface area (Å²) in [5.74, 6) is -2.78. The van der Waals surface area contributed by atoms with Crippen LogP contribution in [0, 0.1) is 5.82 Å². The van der Waals surface area contributed by atoms with Crippen molar-refractivity contribution in [1.29, 1.82) is 0 Å². The summed E-state index contributed by atoms with van der Waals surface area (Å²) in [6, 6.07) is 10.5. The first-order chi connectivity index (χ1) is 21.5. The number of carbonyl (C=O) groups is 4. The molecule has 0 fully saturated rings. The SMILES string of the molecule is C[n+]1cc(-c2ccc(OC[C@H](ON3C(=O)c4ccccc4C3=O)C(=O)OC(C)(C)C)cc2F)cn1CCCNC(=O)OC(C)(C)C. The Morgan fingerprint density at radius 2 is 1.57 bits per heavy atom. The molecule has 46 heavy (non-hydrogen) atoms. The number of hydroxylamine groups is 2. The van der Waals surface area contributed by atoms with E-state index in [9.17, 15) is 19.2 Å². The molecule has 0 unspecified atom stereocenters. The van der Waals surface area contributed by atoms with Crippen LogP contribution in [0.5, 0.6) is 5.75 Å². The second-order valence-corrected chi connectivity index (χ2v) is 12.8. The average Bonchev–Trinajstić information content (AvgIpc) is 3.43. The zero-order chi connectivity index (χ0) is 33.8. The molecule has 2 aromatic carbocycles. The van der Waals surface area contributed by atoms with Crippen LogP contribution in [0.4, 0.5) is 9.18 Å². The Labute approximate surface area is 266 Å². The Kier molecular flexibility index (Phi) is 10.1. The molecule has 3 amide bonds. The van der Waals surface area contributed by atoms with Crippen LogP contribution in [0.2, 0.25) is 0 Å². The maximum atomic E-state index is 15.3. The molecule has 3 aromatic rings. The minimum Gasteiger partial charge on any atom is -0.490 e. The van der Waals surface area contributed by atoms with Crippen molar-refractivity contribution in [2.24, 2.45) is 7.05 Å². The normalized spacial score (nSPS) is 13.8. The molecule has 4 rings (SSSR count). The molecule has 2 heterocycles. The number of benzene rings is 2. The number of amides is 3. The van der Waals surface area contributed by atoms with Crippen molar-refractivity contribution in [3.63, 3.8) is 0 Å². The number of hydrogen-bond acceptors (Lipinski definition) is 8. The lowest BCUT2D eigenvalue weighted by molar-refractivity contribution is -0.753. The summed E-state index contributed by atoms with van der Waals surface area (Å²) in [6.45, 7) is 10.9. The van der Waals surface area contributed by atoms with Gasteiger partial charge in [0.1, 0.15) is 29.4 Å². The third-order valence-corrected chi connectivity index (χ3v) is 6.56. The Morgan fingerprint density at radius 3 is 2.15 bits per heavy atom. The Bertz CT molecular complexity index is 1590. The highest BCUT2D eigenvalue weighted by Gasteiger charge is 2.40. The van der Waals surface area contributed by atoms with Crippen molar-refractivity contribution in [1.82, 2.24) is 15.1 Å². The van der Waals surface area contributed by atoms with Crippen molar-refractivity contribution in [2.75, 3.05) is 13.2 Å². The summed E-state index contributed by atoms with van der Waals surface area (Å²) in [5.41, 5.74) is -0.240. The van der Waals surface area contributed by atoms with Crippen molar-refractivity contribution in [3.05, 3.63) is 71.8 Å². The standard InChI is InChI=1S/C33H39FN4O8/c1-32(2,3)44-30(41)27(46-38-28(39)24-11-8-9-12-25(24)29(38)40)20-43-22-13-14-23(26(34)17-22)21-18-36(7)37(19-21)16-10-15-35-31(42)45-33(4,5)6/h8-9,11-14,17-19,27H,10,15-16,20H2,1-7H3/p+1/t27-/m0/s1. The van der Waals surface area contributed by atoms with E-state index >= 15 is 4.39 Å². The average molecular weight is 640 g/mol. The maximum absolute atomic E-state index is 15.3.